The number of nitrogens with one attached hydrogen (secondary N) is 2. The van der Waals surface area contributed by atoms with Crippen LogP contribution in [0.1, 0.15) is 12.8 Å². The second-order valence-electron chi connectivity index (χ2n) is 5.06. The van der Waals surface area contributed by atoms with E-state index in [0.717, 1.165) is 25.1 Å². The van der Waals surface area contributed by atoms with Gasteiger partial charge in [0, 0.05) is 35.1 Å². The van der Waals surface area contributed by atoms with Crippen molar-refractivity contribution in [2.45, 2.75) is 18.9 Å². The van der Waals surface area contributed by atoms with Crippen LogP contribution in [0.25, 0.3) is 0 Å². The normalized spacial score (nSPS) is 17.5. The number of benzene rings is 1. The maximum atomic E-state index is 5.99. The molecule has 1 aromatic carbocycles. The standard InChI is InChI=1S/C15H16Cl2N4O/c16-10-6-11(17)8-12(7-10)20-14-3-4-18-15(21-14)19-9-13-2-1-5-22-13/h3-4,6-8,13H,1-2,5,9H2,(H2,18,19,20,21). The molecule has 1 atom stereocenters. The Balaban J connectivity index is 1.65. The maximum absolute atomic E-state index is 5.99. The third kappa shape index (κ3) is 4.22. The highest BCUT2D eigenvalue weighted by molar-refractivity contribution is 6.35. The van der Waals surface area contributed by atoms with E-state index in [1.54, 1.807) is 30.5 Å². The van der Waals surface area contributed by atoms with Crippen LogP contribution in [0.4, 0.5) is 17.5 Å². The molecule has 0 spiro atoms. The van der Waals surface area contributed by atoms with Crippen molar-refractivity contribution in [3.63, 3.8) is 0 Å². The molecule has 3 rings (SSSR count). The van der Waals surface area contributed by atoms with Crippen LogP contribution < -0.4 is 10.6 Å². The van der Waals surface area contributed by atoms with Gasteiger partial charge in [0.15, 0.2) is 0 Å². The Morgan fingerprint density at radius 1 is 1.23 bits per heavy atom. The lowest BCUT2D eigenvalue weighted by molar-refractivity contribution is 0.120. The van der Waals surface area contributed by atoms with Crippen LogP contribution in [-0.2, 0) is 4.74 Å². The number of aromatic nitrogens is 2. The van der Waals surface area contributed by atoms with Crippen LogP contribution in [0.5, 0.6) is 0 Å². The van der Waals surface area contributed by atoms with Crippen LogP contribution in [0.3, 0.4) is 0 Å². The lowest BCUT2D eigenvalue weighted by Gasteiger charge is -2.12. The molecule has 2 aromatic rings. The number of nitrogens with zero attached hydrogens (tertiary/aromatic N) is 2. The fraction of sp³-hybridized carbons (Fsp3) is 0.333. The van der Waals surface area contributed by atoms with E-state index in [-0.39, 0.29) is 6.10 Å². The summed E-state index contributed by atoms with van der Waals surface area (Å²) in [5, 5.41) is 7.50. The molecule has 2 heterocycles. The molecule has 0 amide bonds. The molecule has 2 N–H and O–H groups in total. The molecule has 1 fully saturated rings. The Hall–Kier alpha value is -1.56. The van der Waals surface area contributed by atoms with Gasteiger partial charge in [-0.1, -0.05) is 23.2 Å². The van der Waals surface area contributed by atoms with Crippen molar-refractivity contribution in [1.82, 2.24) is 9.97 Å². The first kappa shape index (κ1) is 15.3. The largest absolute Gasteiger partial charge is 0.376 e. The summed E-state index contributed by atoms with van der Waals surface area (Å²) in [6, 6.07) is 7.04. The van der Waals surface area contributed by atoms with Gasteiger partial charge in [-0.3, -0.25) is 0 Å². The van der Waals surface area contributed by atoms with Crippen LogP contribution in [0.15, 0.2) is 30.5 Å². The lowest BCUT2D eigenvalue weighted by Crippen LogP contribution is -2.19. The summed E-state index contributed by atoms with van der Waals surface area (Å²) in [7, 11) is 0. The van der Waals surface area contributed by atoms with Crippen LogP contribution in [-0.4, -0.2) is 29.2 Å². The summed E-state index contributed by atoms with van der Waals surface area (Å²) in [5.74, 6) is 1.23. The van der Waals surface area contributed by atoms with E-state index < -0.39 is 0 Å². The zero-order valence-electron chi connectivity index (χ0n) is 11.9. The van der Waals surface area contributed by atoms with Crippen molar-refractivity contribution in [3.05, 3.63) is 40.5 Å². The molecule has 1 saturated heterocycles. The van der Waals surface area contributed by atoms with Crippen LogP contribution in [0.2, 0.25) is 10.0 Å². The van der Waals surface area contributed by atoms with Gasteiger partial charge in [0.1, 0.15) is 5.82 Å². The first-order valence-corrected chi connectivity index (χ1v) is 7.86. The van der Waals surface area contributed by atoms with Crippen LogP contribution >= 0.6 is 23.2 Å². The first-order chi connectivity index (χ1) is 10.7. The highest BCUT2D eigenvalue weighted by Gasteiger charge is 2.15. The topological polar surface area (TPSA) is 59.1 Å². The van der Waals surface area contributed by atoms with Gasteiger partial charge in [-0.25, -0.2) is 4.98 Å². The van der Waals surface area contributed by atoms with Gasteiger partial charge in [0.05, 0.1) is 6.10 Å². The second-order valence-corrected chi connectivity index (χ2v) is 5.94. The van der Waals surface area contributed by atoms with E-state index in [1.807, 2.05) is 0 Å². The molecule has 7 heteroatoms. The van der Waals surface area contributed by atoms with Crippen molar-refractivity contribution in [2.24, 2.45) is 0 Å². The van der Waals surface area contributed by atoms with Gasteiger partial charge in [-0.05, 0) is 37.1 Å². The average molecular weight is 339 g/mol. The SMILES string of the molecule is Clc1cc(Cl)cc(Nc2ccnc(NCC3CCCO3)n2)c1. The van der Waals surface area contributed by atoms with Crippen molar-refractivity contribution in [3.8, 4) is 0 Å². The zero-order chi connectivity index (χ0) is 15.4. The fourth-order valence-electron chi connectivity index (χ4n) is 2.30. The summed E-state index contributed by atoms with van der Waals surface area (Å²) in [4.78, 5) is 8.62. The number of hydrogen-bond acceptors (Lipinski definition) is 5. The predicted octanol–water partition coefficient (Wildman–Crippen LogP) is 4.12. The minimum Gasteiger partial charge on any atom is -0.376 e. The Morgan fingerprint density at radius 3 is 2.77 bits per heavy atom. The van der Waals surface area contributed by atoms with E-state index in [2.05, 4.69) is 20.6 Å². The minimum absolute atomic E-state index is 0.243. The predicted molar refractivity (Wildman–Crippen MR) is 89.2 cm³/mol. The van der Waals surface area contributed by atoms with Gasteiger partial charge in [0.25, 0.3) is 0 Å². The number of ether oxygens (including phenoxy) is 1. The maximum Gasteiger partial charge on any atom is 0.224 e. The molecule has 22 heavy (non-hydrogen) atoms. The summed E-state index contributed by atoms with van der Waals surface area (Å²) < 4.78 is 5.56. The minimum atomic E-state index is 0.243. The average Bonchev–Trinajstić information content (AvgIpc) is 2.98. The number of hydrogen-bond donors (Lipinski definition) is 2. The molecule has 5 nitrogen and oxygen atoms in total. The molecule has 0 saturated carbocycles. The van der Waals surface area contributed by atoms with Crippen molar-refractivity contribution in [2.75, 3.05) is 23.8 Å². The molecule has 0 bridgehead atoms. The quantitative estimate of drug-likeness (QED) is 0.858. The van der Waals surface area contributed by atoms with Crippen molar-refractivity contribution in [1.29, 1.82) is 0 Å². The smallest absolute Gasteiger partial charge is 0.224 e. The van der Waals surface area contributed by atoms with Gasteiger partial charge >= 0.3 is 0 Å². The van der Waals surface area contributed by atoms with Crippen LogP contribution in [0, 0.1) is 0 Å². The van der Waals surface area contributed by atoms with Crippen molar-refractivity contribution >= 4 is 40.7 Å². The number of anilines is 3. The molecule has 1 unspecified atom stereocenters. The molecule has 1 aliphatic rings. The third-order valence-corrected chi connectivity index (χ3v) is 3.74. The zero-order valence-corrected chi connectivity index (χ0v) is 13.4. The lowest BCUT2D eigenvalue weighted by atomic mass is 10.2. The Labute approximate surface area is 139 Å². The summed E-state index contributed by atoms with van der Waals surface area (Å²) >= 11 is 12.0. The summed E-state index contributed by atoms with van der Waals surface area (Å²) in [5.41, 5.74) is 0.779. The fourth-order valence-corrected chi connectivity index (χ4v) is 2.82. The number of rotatable bonds is 5. The Bertz CT molecular complexity index is 627. The molecule has 116 valence electrons. The van der Waals surface area contributed by atoms with Gasteiger partial charge < -0.3 is 15.4 Å². The molecule has 0 aliphatic carbocycles. The second kappa shape index (κ2) is 7.13. The first-order valence-electron chi connectivity index (χ1n) is 7.11. The molecule has 1 aliphatic heterocycles. The van der Waals surface area contributed by atoms with Gasteiger partial charge in [-0.2, -0.15) is 4.98 Å². The summed E-state index contributed by atoms with van der Waals surface area (Å²) in [6.45, 7) is 1.55. The van der Waals surface area contributed by atoms with Gasteiger partial charge in [-0.15, -0.1) is 0 Å². The highest BCUT2D eigenvalue weighted by atomic mass is 35.5. The molecular formula is C15H16Cl2N4O. The van der Waals surface area contributed by atoms with Gasteiger partial charge in [0.2, 0.25) is 5.95 Å². The van der Waals surface area contributed by atoms with E-state index in [0.29, 0.717) is 28.4 Å². The summed E-state index contributed by atoms with van der Waals surface area (Å²) in [6.07, 6.45) is 4.13. The molecule has 0 radical (unpaired) electrons. The van der Waals surface area contributed by atoms with E-state index in [9.17, 15) is 0 Å². The van der Waals surface area contributed by atoms with E-state index in [1.165, 1.54) is 0 Å². The Morgan fingerprint density at radius 2 is 2.05 bits per heavy atom. The monoisotopic (exact) mass is 338 g/mol. The highest BCUT2D eigenvalue weighted by Crippen LogP contribution is 2.24. The van der Waals surface area contributed by atoms with E-state index in [4.69, 9.17) is 27.9 Å². The van der Waals surface area contributed by atoms with Crippen molar-refractivity contribution < 1.29 is 4.74 Å². The molecular weight excluding hydrogens is 323 g/mol. The third-order valence-electron chi connectivity index (χ3n) is 3.30. The Kier molecular flexibility index (Phi) is 4.97. The van der Waals surface area contributed by atoms with E-state index >= 15 is 0 Å². The number of halogens is 2. The molecule has 1 aromatic heterocycles.